The van der Waals surface area contributed by atoms with E-state index in [1.54, 1.807) is 0 Å². The maximum absolute atomic E-state index is 9.63. The van der Waals surface area contributed by atoms with Crippen molar-refractivity contribution < 1.29 is 0 Å². The van der Waals surface area contributed by atoms with Crippen molar-refractivity contribution in [1.29, 1.82) is 5.26 Å². The van der Waals surface area contributed by atoms with Gasteiger partial charge in [0.1, 0.15) is 5.54 Å². The van der Waals surface area contributed by atoms with Crippen molar-refractivity contribution >= 4 is 27.3 Å². The zero-order valence-electron chi connectivity index (χ0n) is 12.4. The molecule has 2 aromatic carbocycles. The van der Waals surface area contributed by atoms with Gasteiger partial charge >= 0.3 is 0 Å². The minimum atomic E-state index is -0.783. The van der Waals surface area contributed by atoms with Crippen molar-refractivity contribution in [3.63, 3.8) is 0 Å². The van der Waals surface area contributed by atoms with Gasteiger partial charge < -0.3 is 10.2 Å². The first-order chi connectivity index (χ1) is 9.96. The van der Waals surface area contributed by atoms with Gasteiger partial charge in [-0.05, 0) is 52.7 Å². The third-order valence-electron chi connectivity index (χ3n) is 3.44. The lowest BCUT2D eigenvalue weighted by Gasteiger charge is -2.26. The minimum absolute atomic E-state index is 0.783. The first-order valence-corrected chi connectivity index (χ1v) is 7.47. The van der Waals surface area contributed by atoms with Gasteiger partial charge in [-0.1, -0.05) is 24.3 Å². The summed E-state index contributed by atoms with van der Waals surface area (Å²) in [5.41, 5.74) is 2.17. The molecule has 0 spiro atoms. The summed E-state index contributed by atoms with van der Waals surface area (Å²) in [6.45, 7) is 1.89. The Labute approximate surface area is 134 Å². The van der Waals surface area contributed by atoms with E-state index in [2.05, 4.69) is 27.3 Å². The summed E-state index contributed by atoms with van der Waals surface area (Å²) in [5, 5.41) is 12.9. The molecule has 0 fully saturated rings. The van der Waals surface area contributed by atoms with Gasteiger partial charge in [0.15, 0.2) is 0 Å². The lowest BCUT2D eigenvalue weighted by Crippen LogP contribution is -2.30. The predicted octanol–water partition coefficient (Wildman–Crippen LogP) is 4.37. The van der Waals surface area contributed by atoms with Gasteiger partial charge in [-0.25, -0.2) is 0 Å². The number of nitrogens with one attached hydrogen (secondary N) is 1. The zero-order chi connectivity index (χ0) is 15.5. The van der Waals surface area contributed by atoms with Crippen molar-refractivity contribution in [1.82, 2.24) is 0 Å². The van der Waals surface area contributed by atoms with Gasteiger partial charge in [-0.2, -0.15) is 5.26 Å². The van der Waals surface area contributed by atoms with E-state index in [0.717, 1.165) is 21.4 Å². The molecule has 3 nitrogen and oxygen atoms in total. The second-order valence-corrected chi connectivity index (χ2v) is 6.14. The Hall–Kier alpha value is -1.99. The number of nitriles is 1. The monoisotopic (exact) mass is 343 g/mol. The Morgan fingerprint density at radius 2 is 1.71 bits per heavy atom. The predicted molar refractivity (Wildman–Crippen MR) is 91.5 cm³/mol. The summed E-state index contributed by atoms with van der Waals surface area (Å²) in [6, 6.07) is 18.2. The summed E-state index contributed by atoms with van der Waals surface area (Å²) < 4.78 is 0.941. The van der Waals surface area contributed by atoms with Crippen LogP contribution in [0.25, 0.3) is 0 Å². The van der Waals surface area contributed by atoms with Crippen LogP contribution in [0.3, 0.4) is 0 Å². The largest absolute Gasteiger partial charge is 0.378 e. The second-order valence-electron chi connectivity index (χ2n) is 5.28. The second kappa shape index (κ2) is 6.19. The average molecular weight is 344 g/mol. The molecule has 2 aromatic rings. The van der Waals surface area contributed by atoms with Gasteiger partial charge in [0, 0.05) is 29.9 Å². The fourth-order valence-electron chi connectivity index (χ4n) is 2.09. The van der Waals surface area contributed by atoms with E-state index in [0.29, 0.717) is 0 Å². The number of benzene rings is 2. The van der Waals surface area contributed by atoms with Crippen molar-refractivity contribution in [2.45, 2.75) is 12.5 Å². The summed E-state index contributed by atoms with van der Waals surface area (Å²) >= 11 is 3.50. The van der Waals surface area contributed by atoms with Crippen molar-refractivity contribution in [2.75, 3.05) is 24.3 Å². The number of halogens is 1. The molecule has 0 aliphatic rings. The van der Waals surface area contributed by atoms with E-state index in [9.17, 15) is 5.26 Å². The Bertz CT molecular complexity index is 658. The van der Waals surface area contributed by atoms with Crippen molar-refractivity contribution in [2.24, 2.45) is 0 Å². The molecular weight excluding hydrogens is 326 g/mol. The van der Waals surface area contributed by atoms with E-state index in [1.807, 2.05) is 74.4 Å². The highest BCUT2D eigenvalue weighted by molar-refractivity contribution is 9.10. The molecule has 0 heterocycles. The molecule has 1 N–H and O–H groups in total. The average Bonchev–Trinajstić information content (AvgIpc) is 2.49. The molecule has 0 aromatic heterocycles. The molecule has 108 valence electrons. The third-order valence-corrected chi connectivity index (χ3v) is 4.13. The van der Waals surface area contributed by atoms with Crippen LogP contribution in [0.15, 0.2) is 53.0 Å². The Kier molecular flexibility index (Phi) is 4.54. The van der Waals surface area contributed by atoms with Crippen LogP contribution >= 0.6 is 15.9 Å². The Morgan fingerprint density at radius 1 is 1.10 bits per heavy atom. The first kappa shape index (κ1) is 15.4. The molecular formula is C17H18BrN3. The Balaban J connectivity index is 2.33. The van der Waals surface area contributed by atoms with Gasteiger partial charge in [-0.3, -0.25) is 0 Å². The number of anilines is 2. The molecule has 0 aliphatic carbocycles. The first-order valence-electron chi connectivity index (χ1n) is 6.68. The van der Waals surface area contributed by atoms with Crippen LogP contribution in [0.4, 0.5) is 11.4 Å². The van der Waals surface area contributed by atoms with E-state index >= 15 is 0 Å². The number of hydrogen-bond acceptors (Lipinski definition) is 3. The summed E-state index contributed by atoms with van der Waals surface area (Å²) in [5.74, 6) is 0. The molecule has 0 saturated heterocycles. The van der Waals surface area contributed by atoms with Crippen molar-refractivity contribution in [3.05, 3.63) is 58.6 Å². The van der Waals surface area contributed by atoms with Crippen LogP contribution < -0.4 is 10.2 Å². The standard InChI is InChI=1S/C17H18BrN3/c1-17(12-19,20-16-7-5-4-6-15(16)18)13-8-10-14(11-9-13)21(2)3/h4-11,20H,1-3H3. The smallest absolute Gasteiger partial charge is 0.148 e. The minimum Gasteiger partial charge on any atom is -0.378 e. The highest BCUT2D eigenvalue weighted by Crippen LogP contribution is 2.30. The SMILES string of the molecule is CN(C)c1ccc(C(C)(C#N)Nc2ccccc2Br)cc1. The van der Waals surface area contributed by atoms with E-state index in [-0.39, 0.29) is 0 Å². The molecule has 0 radical (unpaired) electrons. The maximum atomic E-state index is 9.63. The highest BCUT2D eigenvalue weighted by Gasteiger charge is 2.26. The zero-order valence-corrected chi connectivity index (χ0v) is 14.0. The molecule has 2 rings (SSSR count). The highest BCUT2D eigenvalue weighted by atomic mass is 79.9. The van der Waals surface area contributed by atoms with E-state index in [4.69, 9.17) is 0 Å². The fraction of sp³-hybridized carbons (Fsp3) is 0.235. The molecule has 0 saturated carbocycles. The van der Waals surface area contributed by atoms with Crippen molar-refractivity contribution in [3.8, 4) is 6.07 Å². The summed E-state index contributed by atoms with van der Waals surface area (Å²) in [6.07, 6.45) is 0. The number of nitrogens with zero attached hydrogens (tertiary/aromatic N) is 2. The van der Waals surface area contributed by atoms with Gasteiger partial charge in [0.2, 0.25) is 0 Å². The lowest BCUT2D eigenvalue weighted by molar-refractivity contribution is 0.706. The fourth-order valence-corrected chi connectivity index (χ4v) is 2.47. The van der Waals surface area contributed by atoms with Crippen LogP contribution in [0.2, 0.25) is 0 Å². The van der Waals surface area contributed by atoms with Crippen LogP contribution in [0.5, 0.6) is 0 Å². The van der Waals surface area contributed by atoms with Crippen LogP contribution in [-0.4, -0.2) is 14.1 Å². The van der Waals surface area contributed by atoms with Gasteiger partial charge in [0.05, 0.1) is 6.07 Å². The van der Waals surface area contributed by atoms with E-state index < -0.39 is 5.54 Å². The normalized spacial score (nSPS) is 13.1. The quantitative estimate of drug-likeness (QED) is 0.895. The summed E-state index contributed by atoms with van der Waals surface area (Å²) in [7, 11) is 4.00. The number of para-hydroxylation sites is 1. The number of hydrogen-bond donors (Lipinski definition) is 1. The molecule has 21 heavy (non-hydrogen) atoms. The topological polar surface area (TPSA) is 39.1 Å². The summed E-state index contributed by atoms with van der Waals surface area (Å²) in [4.78, 5) is 2.04. The van der Waals surface area contributed by atoms with Crippen LogP contribution in [0, 0.1) is 11.3 Å². The third kappa shape index (κ3) is 3.37. The Morgan fingerprint density at radius 3 is 2.24 bits per heavy atom. The van der Waals surface area contributed by atoms with Gasteiger partial charge in [-0.15, -0.1) is 0 Å². The van der Waals surface area contributed by atoms with E-state index in [1.165, 1.54) is 0 Å². The molecule has 0 amide bonds. The maximum Gasteiger partial charge on any atom is 0.148 e. The van der Waals surface area contributed by atoms with Crippen LogP contribution in [0.1, 0.15) is 12.5 Å². The molecule has 1 unspecified atom stereocenters. The van der Waals surface area contributed by atoms with Crippen LogP contribution in [-0.2, 0) is 5.54 Å². The number of rotatable bonds is 4. The van der Waals surface area contributed by atoms with Gasteiger partial charge in [0.25, 0.3) is 0 Å². The lowest BCUT2D eigenvalue weighted by atomic mass is 9.93. The molecule has 4 heteroatoms. The molecule has 0 bridgehead atoms. The molecule has 0 aliphatic heterocycles. The molecule has 1 atom stereocenters.